The molecule has 0 fully saturated rings. The molecule has 1 aromatic carbocycles. The Morgan fingerprint density at radius 1 is 1.28 bits per heavy atom. The summed E-state index contributed by atoms with van der Waals surface area (Å²) < 4.78 is 15.2. The number of alkyl halides is 1. The van der Waals surface area contributed by atoms with E-state index in [0.717, 1.165) is 5.56 Å². The van der Waals surface area contributed by atoms with Crippen molar-refractivity contribution < 1.29 is 4.39 Å². The van der Waals surface area contributed by atoms with Crippen LogP contribution in [0.3, 0.4) is 0 Å². The molecule has 1 atom stereocenters. The zero-order valence-corrected chi connectivity index (χ0v) is 11.5. The summed E-state index contributed by atoms with van der Waals surface area (Å²) in [5, 5.41) is 0. The average molecular weight is 310 g/mol. The molecule has 0 N–H and O–H groups in total. The van der Waals surface area contributed by atoms with Gasteiger partial charge in [-0.3, -0.25) is 4.79 Å². The lowest BCUT2D eigenvalue weighted by Crippen LogP contribution is -2.24. The third kappa shape index (κ3) is 2.70. The normalized spacial score (nSPS) is 12.4. The van der Waals surface area contributed by atoms with Gasteiger partial charge >= 0.3 is 0 Å². The van der Waals surface area contributed by atoms with E-state index in [2.05, 4.69) is 15.9 Å². The molecule has 18 heavy (non-hydrogen) atoms. The Hall–Kier alpha value is -1.42. The first kappa shape index (κ1) is 13.0. The molecular formula is C14H13BrFNO. The quantitative estimate of drug-likeness (QED) is 0.796. The fourth-order valence-corrected chi connectivity index (χ4v) is 2.13. The molecule has 0 radical (unpaired) electrons. The second-order valence-corrected chi connectivity index (χ2v) is 5.49. The third-order valence-corrected chi connectivity index (χ3v) is 3.25. The Labute approximate surface area is 113 Å². The highest BCUT2D eigenvalue weighted by Gasteiger charge is 2.13. The lowest BCUT2D eigenvalue weighted by molar-refractivity contribution is 0.566. The van der Waals surface area contributed by atoms with E-state index in [9.17, 15) is 9.18 Å². The molecule has 2 nitrogen and oxygen atoms in total. The van der Waals surface area contributed by atoms with Crippen LogP contribution in [0.5, 0.6) is 0 Å². The van der Waals surface area contributed by atoms with Crippen molar-refractivity contribution in [1.82, 2.24) is 4.57 Å². The van der Waals surface area contributed by atoms with Gasteiger partial charge in [0.25, 0.3) is 5.56 Å². The zero-order chi connectivity index (χ0) is 13.1. The Morgan fingerprint density at radius 2 is 1.94 bits per heavy atom. The molecule has 94 valence electrons. The fraction of sp³-hybridized carbons (Fsp3) is 0.214. The van der Waals surface area contributed by atoms with Gasteiger partial charge in [-0.05, 0) is 18.6 Å². The van der Waals surface area contributed by atoms with E-state index in [0.29, 0.717) is 12.1 Å². The van der Waals surface area contributed by atoms with E-state index in [4.69, 9.17) is 0 Å². The van der Waals surface area contributed by atoms with Gasteiger partial charge < -0.3 is 4.57 Å². The first-order chi connectivity index (χ1) is 8.59. The summed E-state index contributed by atoms with van der Waals surface area (Å²) in [6, 6.07) is 11.1. The highest BCUT2D eigenvalue weighted by molar-refractivity contribution is 9.09. The van der Waals surface area contributed by atoms with Crippen molar-refractivity contribution in [3.8, 4) is 0 Å². The first-order valence-electron chi connectivity index (χ1n) is 5.66. The second-order valence-electron chi connectivity index (χ2n) is 4.12. The number of rotatable bonds is 3. The largest absolute Gasteiger partial charge is 0.309 e. The summed E-state index contributed by atoms with van der Waals surface area (Å²) >= 11 is 3.27. The Morgan fingerprint density at radius 3 is 2.56 bits per heavy atom. The predicted molar refractivity (Wildman–Crippen MR) is 73.5 cm³/mol. The summed E-state index contributed by atoms with van der Waals surface area (Å²) in [7, 11) is 0. The Bertz CT molecular complexity index is 592. The van der Waals surface area contributed by atoms with Gasteiger partial charge in [-0.2, -0.15) is 0 Å². The van der Waals surface area contributed by atoms with Crippen LogP contribution >= 0.6 is 15.9 Å². The summed E-state index contributed by atoms with van der Waals surface area (Å²) in [4.78, 5) is 11.7. The molecule has 2 aromatic rings. The van der Waals surface area contributed by atoms with Gasteiger partial charge in [0.15, 0.2) is 5.82 Å². The van der Waals surface area contributed by atoms with Crippen LogP contribution in [0.4, 0.5) is 4.39 Å². The van der Waals surface area contributed by atoms with Crippen LogP contribution in [0.25, 0.3) is 0 Å². The average Bonchev–Trinajstić information content (AvgIpc) is 2.36. The van der Waals surface area contributed by atoms with Crippen LogP contribution < -0.4 is 5.56 Å². The van der Waals surface area contributed by atoms with Gasteiger partial charge in [-0.1, -0.05) is 46.3 Å². The number of benzene rings is 1. The lowest BCUT2D eigenvalue weighted by atomic mass is 10.2. The van der Waals surface area contributed by atoms with Crippen LogP contribution in [0.1, 0.15) is 22.9 Å². The number of nitrogens with zero attached hydrogens (tertiary/aromatic N) is 1. The van der Waals surface area contributed by atoms with Crippen molar-refractivity contribution in [2.24, 2.45) is 0 Å². The number of aromatic nitrogens is 1. The molecule has 1 unspecified atom stereocenters. The Balaban J connectivity index is 2.37. The highest BCUT2D eigenvalue weighted by atomic mass is 79.9. The smallest absolute Gasteiger partial charge is 0.287 e. The summed E-state index contributed by atoms with van der Waals surface area (Å²) in [6.07, 6.45) is 1.63. The van der Waals surface area contributed by atoms with Gasteiger partial charge in [-0.25, -0.2) is 4.39 Å². The summed E-state index contributed by atoms with van der Waals surface area (Å²) in [5.74, 6) is -0.683. The number of hydrogen-bond acceptors (Lipinski definition) is 1. The molecule has 1 aromatic heterocycles. The van der Waals surface area contributed by atoms with Crippen molar-refractivity contribution in [1.29, 1.82) is 0 Å². The second kappa shape index (κ2) is 5.48. The van der Waals surface area contributed by atoms with E-state index >= 15 is 0 Å². The number of hydrogen-bond donors (Lipinski definition) is 0. The maximum atomic E-state index is 13.9. The van der Waals surface area contributed by atoms with Crippen LogP contribution in [0.15, 0.2) is 47.4 Å². The van der Waals surface area contributed by atoms with Gasteiger partial charge in [0.05, 0.1) is 6.54 Å². The van der Waals surface area contributed by atoms with Crippen LogP contribution in [0.2, 0.25) is 0 Å². The SMILES string of the molecule is CC(Br)c1ccn(Cc2ccccc2)c(=O)c1F. The van der Waals surface area contributed by atoms with E-state index < -0.39 is 11.4 Å². The standard InChI is InChI=1S/C14H13BrFNO/c1-10(15)12-7-8-17(14(18)13(12)16)9-11-5-3-2-4-6-11/h2-8,10H,9H2,1H3. The maximum Gasteiger partial charge on any atom is 0.287 e. The molecule has 0 amide bonds. The van der Waals surface area contributed by atoms with E-state index in [1.807, 2.05) is 30.3 Å². The van der Waals surface area contributed by atoms with Crippen LogP contribution in [-0.2, 0) is 6.54 Å². The molecule has 0 spiro atoms. The summed E-state index contributed by atoms with van der Waals surface area (Å²) in [6.45, 7) is 2.17. The third-order valence-electron chi connectivity index (χ3n) is 2.76. The predicted octanol–water partition coefficient (Wildman–Crippen LogP) is 3.49. The molecular weight excluding hydrogens is 297 g/mol. The molecule has 0 saturated heterocycles. The minimum absolute atomic E-state index is 0.170. The summed E-state index contributed by atoms with van der Waals surface area (Å²) in [5.41, 5.74) is 0.783. The number of halogens is 2. The minimum atomic E-state index is -0.683. The highest BCUT2D eigenvalue weighted by Crippen LogP contribution is 2.22. The molecule has 0 aliphatic heterocycles. The van der Waals surface area contributed by atoms with Crippen molar-refractivity contribution in [2.75, 3.05) is 0 Å². The topological polar surface area (TPSA) is 22.0 Å². The Kier molecular flexibility index (Phi) is 3.97. The minimum Gasteiger partial charge on any atom is -0.309 e. The molecule has 4 heteroatoms. The van der Waals surface area contributed by atoms with Gasteiger partial charge in [0, 0.05) is 16.6 Å². The van der Waals surface area contributed by atoms with Crippen LogP contribution in [-0.4, -0.2) is 4.57 Å². The van der Waals surface area contributed by atoms with Crippen molar-refractivity contribution >= 4 is 15.9 Å². The van der Waals surface area contributed by atoms with Gasteiger partial charge in [0.2, 0.25) is 0 Å². The molecule has 2 rings (SSSR count). The number of pyridine rings is 1. The monoisotopic (exact) mass is 309 g/mol. The zero-order valence-electron chi connectivity index (χ0n) is 9.94. The first-order valence-corrected chi connectivity index (χ1v) is 6.58. The van der Waals surface area contributed by atoms with Crippen molar-refractivity contribution in [2.45, 2.75) is 18.3 Å². The van der Waals surface area contributed by atoms with E-state index in [1.54, 1.807) is 19.2 Å². The van der Waals surface area contributed by atoms with E-state index in [-0.39, 0.29) is 4.83 Å². The fourth-order valence-electron chi connectivity index (χ4n) is 1.77. The molecule has 0 aliphatic carbocycles. The van der Waals surface area contributed by atoms with Crippen molar-refractivity contribution in [3.63, 3.8) is 0 Å². The molecule has 0 bridgehead atoms. The van der Waals surface area contributed by atoms with Crippen molar-refractivity contribution in [3.05, 3.63) is 69.9 Å². The lowest BCUT2D eigenvalue weighted by Gasteiger charge is -2.10. The molecule has 0 aliphatic rings. The van der Waals surface area contributed by atoms with Gasteiger partial charge in [0.1, 0.15) is 0 Å². The maximum absolute atomic E-state index is 13.9. The molecule has 1 heterocycles. The van der Waals surface area contributed by atoms with Crippen LogP contribution in [0, 0.1) is 5.82 Å². The van der Waals surface area contributed by atoms with E-state index in [1.165, 1.54) is 4.57 Å². The van der Waals surface area contributed by atoms with Gasteiger partial charge in [-0.15, -0.1) is 0 Å². The molecule has 0 saturated carbocycles.